The molecule has 1 heteroatoms. The maximum absolute atomic E-state index is 3.82. The number of hydrogen-bond acceptors (Lipinski definition) is 1. The van der Waals surface area contributed by atoms with E-state index in [4.69, 9.17) is 0 Å². The van der Waals surface area contributed by atoms with E-state index < -0.39 is 0 Å². The standard InChI is InChI=1S/C17H25N/c1-13-5-4-7-16(10-9-13)18-12-15-11-14-6-2-3-8-17(14)15/h2-3,6,8,13,15-16,18H,4-5,7,9-12H2,1H3. The average molecular weight is 243 g/mol. The molecule has 1 fully saturated rings. The summed E-state index contributed by atoms with van der Waals surface area (Å²) in [4.78, 5) is 0. The average Bonchev–Trinajstić information content (AvgIpc) is 2.56. The Hall–Kier alpha value is -0.820. The van der Waals surface area contributed by atoms with Gasteiger partial charge in [-0.25, -0.2) is 0 Å². The normalized spacial score (nSPS) is 31.3. The van der Waals surface area contributed by atoms with Gasteiger partial charge in [-0.1, -0.05) is 44.0 Å². The number of hydrogen-bond donors (Lipinski definition) is 1. The van der Waals surface area contributed by atoms with E-state index in [0.29, 0.717) is 0 Å². The van der Waals surface area contributed by atoms with Gasteiger partial charge in [-0.15, -0.1) is 0 Å². The Kier molecular flexibility index (Phi) is 3.69. The van der Waals surface area contributed by atoms with Gasteiger partial charge in [-0.05, 0) is 42.7 Å². The first kappa shape index (κ1) is 12.2. The second kappa shape index (κ2) is 5.44. The maximum atomic E-state index is 3.82. The van der Waals surface area contributed by atoms with Crippen molar-refractivity contribution < 1.29 is 0 Å². The van der Waals surface area contributed by atoms with E-state index in [1.54, 1.807) is 11.1 Å². The lowest BCUT2D eigenvalue weighted by molar-refractivity contribution is 0.418. The minimum Gasteiger partial charge on any atom is -0.313 e. The van der Waals surface area contributed by atoms with Crippen LogP contribution < -0.4 is 5.32 Å². The van der Waals surface area contributed by atoms with Gasteiger partial charge in [0.15, 0.2) is 0 Å². The lowest BCUT2D eigenvalue weighted by Crippen LogP contribution is -2.35. The molecule has 0 heterocycles. The summed E-state index contributed by atoms with van der Waals surface area (Å²) in [5, 5.41) is 3.82. The number of nitrogens with one attached hydrogen (secondary N) is 1. The van der Waals surface area contributed by atoms with E-state index in [2.05, 4.69) is 36.5 Å². The topological polar surface area (TPSA) is 12.0 Å². The minimum atomic E-state index is 0.780. The van der Waals surface area contributed by atoms with Gasteiger partial charge < -0.3 is 5.32 Å². The summed E-state index contributed by atoms with van der Waals surface area (Å²) in [6, 6.07) is 9.70. The molecular weight excluding hydrogens is 218 g/mol. The van der Waals surface area contributed by atoms with Crippen molar-refractivity contribution in [2.24, 2.45) is 5.92 Å². The summed E-state index contributed by atoms with van der Waals surface area (Å²) < 4.78 is 0. The third kappa shape index (κ3) is 2.61. The largest absolute Gasteiger partial charge is 0.313 e. The van der Waals surface area contributed by atoms with Crippen LogP contribution in [0.3, 0.4) is 0 Å². The summed E-state index contributed by atoms with van der Waals surface area (Å²) >= 11 is 0. The van der Waals surface area contributed by atoms with Gasteiger partial charge in [0.05, 0.1) is 0 Å². The molecule has 1 aromatic rings. The van der Waals surface area contributed by atoms with Crippen LogP contribution in [0.1, 0.15) is 56.1 Å². The Morgan fingerprint density at radius 2 is 2.00 bits per heavy atom. The lowest BCUT2D eigenvalue weighted by Gasteiger charge is -2.31. The first-order chi connectivity index (χ1) is 8.83. The Morgan fingerprint density at radius 1 is 1.11 bits per heavy atom. The molecule has 1 aromatic carbocycles. The molecule has 0 bridgehead atoms. The first-order valence-corrected chi connectivity index (χ1v) is 7.64. The lowest BCUT2D eigenvalue weighted by atomic mass is 9.77. The first-order valence-electron chi connectivity index (χ1n) is 7.64. The van der Waals surface area contributed by atoms with Crippen LogP contribution in [0.2, 0.25) is 0 Å². The predicted molar refractivity (Wildman–Crippen MR) is 76.9 cm³/mol. The van der Waals surface area contributed by atoms with Gasteiger partial charge in [-0.2, -0.15) is 0 Å². The highest BCUT2D eigenvalue weighted by Gasteiger charge is 2.26. The van der Waals surface area contributed by atoms with Crippen molar-refractivity contribution in [3.63, 3.8) is 0 Å². The van der Waals surface area contributed by atoms with E-state index >= 15 is 0 Å². The van der Waals surface area contributed by atoms with Crippen LogP contribution in [0.25, 0.3) is 0 Å². The summed E-state index contributed by atoms with van der Waals surface area (Å²) in [5.74, 6) is 1.73. The summed E-state index contributed by atoms with van der Waals surface area (Å²) in [5.41, 5.74) is 3.16. The quantitative estimate of drug-likeness (QED) is 0.794. The molecule has 1 nitrogen and oxygen atoms in total. The molecule has 2 aliphatic rings. The van der Waals surface area contributed by atoms with E-state index in [1.807, 2.05) is 0 Å². The highest BCUT2D eigenvalue weighted by molar-refractivity contribution is 5.40. The van der Waals surface area contributed by atoms with Crippen molar-refractivity contribution in [3.8, 4) is 0 Å². The number of benzene rings is 1. The molecule has 0 spiro atoms. The molecule has 3 unspecified atom stereocenters. The second-order valence-corrected chi connectivity index (χ2v) is 6.32. The molecule has 3 rings (SSSR count). The molecule has 1 saturated carbocycles. The van der Waals surface area contributed by atoms with Crippen LogP contribution in [0.5, 0.6) is 0 Å². The SMILES string of the molecule is CC1CCCC(NCC2Cc3ccccc32)CC1. The van der Waals surface area contributed by atoms with Crippen molar-refractivity contribution in [1.29, 1.82) is 0 Å². The predicted octanol–water partition coefficient (Wildman–Crippen LogP) is 3.88. The van der Waals surface area contributed by atoms with Gasteiger partial charge in [0.25, 0.3) is 0 Å². The molecule has 98 valence electrons. The molecule has 3 atom stereocenters. The zero-order valence-electron chi connectivity index (χ0n) is 11.5. The van der Waals surface area contributed by atoms with Crippen molar-refractivity contribution in [3.05, 3.63) is 35.4 Å². The van der Waals surface area contributed by atoms with Crippen LogP contribution in [0.4, 0.5) is 0 Å². The van der Waals surface area contributed by atoms with Gasteiger partial charge in [0.2, 0.25) is 0 Å². The summed E-state index contributed by atoms with van der Waals surface area (Å²) in [7, 11) is 0. The fourth-order valence-electron chi connectivity index (χ4n) is 3.54. The monoisotopic (exact) mass is 243 g/mol. The molecule has 18 heavy (non-hydrogen) atoms. The highest BCUT2D eigenvalue weighted by atomic mass is 14.9. The van der Waals surface area contributed by atoms with Crippen molar-refractivity contribution in [1.82, 2.24) is 5.32 Å². The van der Waals surface area contributed by atoms with Crippen molar-refractivity contribution in [2.75, 3.05) is 6.54 Å². The molecule has 1 N–H and O–H groups in total. The zero-order valence-corrected chi connectivity index (χ0v) is 11.5. The zero-order chi connectivity index (χ0) is 12.4. The van der Waals surface area contributed by atoms with E-state index in [-0.39, 0.29) is 0 Å². The molecule has 2 aliphatic carbocycles. The van der Waals surface area contributed by atoms with Crippen LogP contribution in [0, 0.1) is 5.92 Å². The second-order valence-electron chi connectivity index (χ2n) is 6.32. The molecule has 0 aromatic heterocycles. The highest BCUT2D eigenvalue weighted by Crippen LogP contribution is 2.34. The number of fused-ring (bicyclic) bond motifs is 1. The molecule has 0 aliphatic heterocycles. The molecule has 0 saturated heterocycles. The van der Waals surface area contributed by atoms with Crippen molar-refractivity contribution >= 4 is 0 Å². The van der Waals surface area contributed by atoms with E-state index in [1.165, 1.54) is 45.1 Å². The fraction of sp³-hybridized carbons (Fsp3) is 0.647. The molecule has 0 radical (unpaired) electrons. The van der Waals surface area contributed by atoms with Gasteiger partial charge in [-0.3, -0.25) is 0 Å². The van der Waals surface area contributed by atoms with E-state index in [0.717, 1.165) is 17.9 Å². The maximum Gasteiger partial charge on any atom is 0.00674 e. The minimum absolute atomic E-state index is 0.780. The van der Waals surface area contributed by atoms with Crippen LogP contribution >= 0.6 is 0 Å². The van der Waals surface area contributed by atoms with Gasteiger partial charge in [0.1, 0.15) is 0 Å². The van der Waals surface area contributed by atoms with Crippen LogP contribution in [0.15, 0.2) is 24.3 Å². The third-order valence-corrected chi connectivity index (χ3v) is 4.87. The number of rotatable bonds is 3. The third-order valence-electron chi connectivity index (χ3n) is 4.87. The van der Waals surface area contributed by atoms with Gasteiger partial charge in [0, 0.05) is 18.5 Å². The fourth-order valence-corrected chi connectivity index (χ4v) is 3.54. The molecular formula is C17H25N. The molecule has 0 amide bonds. The van der Waals surface area contributed by atoms with Crippen LogP contribution in [-0.2, 0) is 6.42 Å². The van der Waals surface area contributed by atoms with E-state index in [9.17, 15) is 0 Å². The summed E-state index contributed by atoms with van der Waals surface area (Å²) in [6.45, 7) is 3.60. The Balaban J connectivity index is 1.48. The smallest absolute Gasteiger partial charge is 0.00674 e. The Labute approximate surface area is 111 Å². The van der Waals surface area contributed by atoms with Crippen LogP contribution in [-0.4, -0.2) is 12.6 Å². The Bertz CT molecular complexity index is 398. The Morgan fingerprint density at radius 3 is 2.89 bits per heavy atom. The van der Waals surface area contributed by atoms with Gasteiger partial charge >= 0.3 is 0 Å². The van der Waals surface area contributed by atoms with Crippen molar-refractivity contribution in [2.45, 2.75) is 57.4 Å². The summed E-state index contributed by atoms with van der Waals surface area (Å²) in [6.07, 6.45) is 8.32.